The van der Waals surface area contributed by atoms with Crippen LogP contribution in [0, 0.1) is 12.8 Å². The molecule has 1 saturated heterocycles. The molecule has 3 rings (SSSR count). The molecule has 3 heterocycles. The van der Waals surface area contributed by atoms with Crippen LogP contribution in [0.15, 0.2) is 12.4 Å². The maximum Gasteiger partial charge on any atom is 0.254 e. The number of anilines is 1. The van der Waals surface area contributed by atoms with E-state index in [0.29, 0.717) is 12.3 Å². The molecular formula is C18H27N7O2. The Bertz CT molecular complexity index is 824. The Labute approximate surface area is 158 Å². The van der Waals surface area contributed by atoms with Gasteiger partial charge < -0.3 is 10.2 Å². The fourth-order valence-electron chi connectivity index (χ4n) is 3.43. The minimum atomic E-state index is -0.417. The first-order valence-corrected chi connectivity index (χ1v) is 9.29. The van der Waals surface area contributed by atoms with Crippen LogP contribution in [0.1, 0.15) is 26.5 Å². The lowest BCUT2D eigenvalue weighted by molar-refractivity contribution is -0.128. The average Bonchev–Trinajstić information content (AvgIpc) is 3.07. The van der Waals surface area contributed by atoms with Gasteiger partial charge in [0.05, 0.1) is 12.6 Å². The Morgan fingerprint density at radius 2 is 1.93 bits per heavy atom. The van der Waals surface area contributed by atoms with Gasteiger partial charge in [0.2, 0.25) is 5.91 Å². The Hall–Kier alpha value is -2.55. The summed E-state index contributed by atoms with van der Waals surface area (Å²) in [5, 5.41) is 7.12. The third-order valence-corrected chi connectivity index (χ3v) is 4.85. The number of nitrogens with one attached hydrogen (secondary N) is 1. The maximum absolute atomic E-state index is 12.3. The summed E-state index contributed by atoms with van der Waals surface area (Å²) in [6, 6.07) is 1.59. The van der Waals surface area contributed by atoms with Gasteiger partial charge in [0.15, 0.2) is 5.78 Å². The molecule has 9 heteroatoms. The van der Waals surface area contributed by atoms with Crippen molar-refractivity contribution in [2.75, 3.05) is 37.6 Å². The van der Waals surface area contributed by atoms with Crippen molar-refractivity contribution in [2.24, 2.45) is 5.92 Å². The number of fused-ring (bicyclic) bond motifs is 1. The van der Waals surface area contributed by atoms with Gasteiger partial charge in [0.1, 0.15) is 12.1 Å². The summed E-state index contributed by atoms with van der Waals surface area (Å²) in [4.78, 5) is 36.9. The summed E-state index contributed by atoms with van der Waals surface area (Å²) in [6.07, 6.45) is 1.51. The smallest absolute Gasteiger partial charge is 0.254 e. The van der Waals surface area contributed by atoms with Crippen LogP contribution in [0.25, 0.3) is 5.78 Å². The standard InChI is InChI=1S/C18H27N7O2/c1-12(2)17(14(4)26)22-15(27)10-23-5-7-24(8-6-23)16-9-13(3)21-18-19-11-20-25(16)18/h9,11-12,17H,5-8,10H2,1-4H3,(H,22,27). The van der Waals surface area contributed by atoms with Crippen molar-refractivity contribution in [1.29, 1.82) is 0 Å². The number of aryl methyl sites for hydroxylation is 1. The quantitative estimate of drug-likeness (QED) is 0.777. The molecule has 27 heavy (non-hydrogen) atoms. The molecule has 1 N–H and O–H groups in total. The predicted octanol–water partition coefficient (Wildman–Crippen LogP) is 0.285. The van der Waals surface area contributed by atoms with E-state index in [1.807, 2.05) is 26.8 Å². The van der Waals surface area contributed by atoms with Crippen molar-refractivity contribution < 1.29 is 9.59 Å². The van der Waals surface area contributed by atoms with E-state index in [9.17, 15) is 9.59 Å². The van der Waals surface area contributed by atoms with Crippen LogP contribution < -0.4 is 10.2 Å². The van der Waals surface area contributed by atoms with Crippen LogP contribution >= 0.6 is 0 Å². The van der Waals surface area contributed by atoms with Crippen LogP contribution in [0.4, 0.5) is 5.82 Å². The van der Waals surface area contributed by atoms with Crippen LogP contribution in [0.3, 0.4) is 0 Å². The summed E-state index contributed by atoms with van der Waals surface area (Å²) < 4.78 is 1.75. The maximum atomic E-state index is 12.3. The van der Waals surface area contributed by atoms with E-state index in [-0.39, 0.29) is 17.6 Å². The third kappa shape index (κ3) is 4.41. The van der Waals surface area contributed by atoms with Crippen molar-refractivity contribution in [3.63, 3.8) is 0 Å². The largest absolute Gasteiger partial charge is 0.354 e. The molecular weight excluding hydrogens is 346 g/mol. The highest BCUT2D eigenvalue weighted by Crippen LogP contribution is 2.17. The topological polar surface area (TPSA) is 95.7 Å². The first-order valence-electron chi connectivity index (χ1n) is 9.29. The van der Waals surface area contributed by atoms with Crippen LogP contribution in [-0.4, -0.2) is 74.9 Å². The van der Waals surface area contributed by atoms with Crippen molar-refractivity contribution >= 4 is 23.3 Å². The molecule has 0 spiro atoms. The number of aromatic nitrogens is 4. The molecule has 9 nitrogen and oxygen atoms in total. The molecule has 0 saturated carbocycles. The number of hydrogen-bond donors (Lipinski definition) is 1. The minimum Gasteiger partial charge on any atom is -0.354 e. The average molecular weight is 373 g/mol. The second-order valence-electron chi connectivity index (χ2n) is 7.39. The predicted molar refractivity (Wildman–Crippen MR) is 102 cm³/mol. The number of rotatable bonds is 6. The van der Waals surface area contributed by atoms with E-state index in [2.05, 4.69) is 30.2 Å². The zero-order valence-corrected chi connectivity index (χ0v) is 16.3. The number of amides is 1. The van der Waals surface area contributed by atoms with Gasteiger partial charge in [-0.3, -0.25) is 14.5 Å². The highest BCUT2D eigenvalue weighted by molar-refractivity contribution is 5.88. The lowest BCUT2D eigenvalue weighted by Crippen LogP contribution is -2.52. The van der Waals surface area contributed by atoms with Crippen LogP contribution in [-0.2, 0) is 9.59 Å². The lowest BCUT2D eigenvalue weighted by atomic mass is 10.0. The van der Waals surface area contributed by atoms with E-state index in [0.717, 1.165) is 37.7 Å². The van der Waals surface area contributed by atoms with Crippen molar-refractivity contribution in [1.82, 2.24) is 29.8 Å². The molecule has 1 unspecified atom stereocenters. The van der Waals surface area contributed by atoms with Gasteiger partial charge >= 0.3 is 0 Å². The first kappa shape index (κ1) is 19.2. The molecule has 0 bridgehead atoms. The summed E-state index contributed by atoms with van der Waals surface area (Å²) in [7, 11) is 0. The van der Waals surface area contributed by atoms with Gasteiger partial charge in [-0.25, -0.2) is 4.98 Å². The molecule has 1 aliphatic rings. The molecule has 0 radical (unpaired) electrons. The number of ketones is 1. The van der Waals surface area contributed by atoms with E-state index in [1.165, 1.54) is 13.3 Å². The number of carbonyl (C=O) groups excluding carboxylic acids is 2. The van der Waals surface area contributed by atoms with Crippen molar-refractivity contribution in [2.45, 2.75) is 33.7 Å². The Kier molecular flexibility index (Phi) is 5.69. The van der Waals surface area contributed by atoms with Crippen LogP contribution in [0.5, 0.6) is 0 Å². The first-order chi connectivity index (χ1) is 12.8. The Morgan fingerprint density at radius 1 is 1.22 bits per heavy atom. The molecule has 1 fully saturated rings. The zero-order chi connectivity index (χ0) is 19.6. The minimum absolute atomic E-state index is 0.00641. The van der Waals surface area contributed by atoms with Gasteiger partial charge in [0.25, 0.3) is 5.78 Å². The van der Waals surface area contributed by atoms with E-state index < -0.39 is 6.04 Å². The molecule has 1 amide bonds. The molecule has 2 aromatic rings. The number of hydrogen-bond acceptors (Lipinski definition) is 7. The van der Waals surface area contributed by atoms with Gasteiger partial charge in [-0.15, -0.1) is 0 Å². The fraction of sp³-hybridized carbons (Fsp3) is 0.611. The molecule has 2 aromatic heterocycles. The second kappa shape index (κ2) is 7.99. The van der Waals surface area contributed by atoms with Gasteiger partial charge in [0, 0.05) is 37.9 Å². The summed E-state index contributed by atoms with van der Waals surface area (Å²) >= 11 is 0. The molecule has 1 atom stereocenters. The van der Waals surface area contributed by atoms with Gasteiger partial charge in [-0.1, -0.05) is 13.8 Å². The fourth-order valence-corrected chi connectivity index (χ4v) is 3.43. The van der Waals surface area contributed by atoms with Crippen molar-refractivity contribution in [3.05, 3.63) is 18.1 Å². The third-order valence-electron chi connectivity index (χ3n) is 4.85. The van der Waals surface area contributed by atoms with Crippen LogP contribution in [0.2, 0.25) is 0 Å². The Morgan fingerprint density at radius 3 is 2.56 bits per heavy atom. The zero-order valence-electron chi connectivity index (χ0n) is 16.3. The van der Waals surface area contributed by atoms with Crippen molar-refractivity contribution in [3.8, 4) is 0 Å². The highest BCUT2D eigenvalue weighted by Gasteiger charge is 2.24. The van der Waals surface area contributed by atoms with E-state index in [1.54, 1.807) is 4.52 Å². The number of nitrogens with zero attached hydrogens (tertiary/aromatic N) is 6. The SMILES string of the molecule is CC(=O)C(NC(=O)CN1CCN(c2cc(C)nc3ncnn23)CC1)C(C)C. The summed E-state index contributed by atoms with van der Waals surface area (Å²) in [5.74, 6) is 1.54. The van der Waals surface area contributed by atoms with Gasteiger partial charge in [-0.05, 0) is 19.8 Å². The molecule has 0 aromatic carbocycles. The van der Waals surface area contributed by atoms with E-state index in [4.69, 9.17) is 0 Å². The highest BCUT2D eigenvalue weighted by atomic mass is 16.2. The Balaban J connectivity index is 1.58. The lowest BCUT2D eigenvalue weighted by Gasteiger charge is -2.35. The summed E-state index contributed by atoms with van der Waals surface area (Å²) in [6.45, 7) is 10.7. The number of carbonyl (C=O) groups is 2. The summed E-state index contributed by atoms with van der Waals surface area (Å²) in [5.41, 5.74) is 0.899. The number of piperazine rings is 1. The molecule has 0 aliphatic carbocycles. The monoisotopic (exact) mass is 373 g/mol. The van der Waals surface area contributed by atoms with Gasteiger partial charge in [-0.2, -0.15) is 14.6 Å². The van der Waals surface area contributed by atoms with E-state index >= 15 is 0 Å². The second-order valence-corrected chi connectivity index (χ2v) is 7.39. The molecule has 146 valence electrons. The normalized spacial score (nSPS) is 16.7. The number of Topliss-reactive ketones (excluding diaryl/α,β-unsaturated/α-hetero) is 1. The molecule has 1 aliphatic heterocycles.